The molecule has 3 rings (SSSR count). The average molecular weight is 308 g/mol. The Morgan fingerprint density at radius 3 is 2.41 bits per heavy atom. The fraction of sp³-hybridized carbons (Fsp3) is 0.588. The predicted octanol–water partition coefficient (Wildman–Crippen LogP) is 3.10. The number of amides is 1. The van der Waals surface area contributed by atoms with Crippen LogP contribution in [-0.4, -0.2) is 36.0 Å². The van der Waals surface area contributed by atoms with Gasteiger partial charge in [0.25, 0.3) is 5.91 Å². The Kier molecular flexibility index (Phi) is 4.71. The van der Waals surface area contributed by atoms with E-state index in [0.717, 1.165) is 38.1 Å². The zero-order valence-electron chi connectivity index (χ0n) is 12.7. The Bertz CT molecular complexity index is 535. The highest BCUT2D eigenvalue weighted by Gasteiger charge is 2.28. The highest BCUT2D eigenvalue weighted by atomic mass is 19.1. The Morgan fingerprint density at radius 1 is 1.09 bits per heavy atom. The summed E-state index contributed by atoms with van der Waals surface area (Å²) < 4.78 is 26.5. The van der Waals surface area contributed by atoms with Crippen LogP contribution in [0.1, 0.15) is 48.9 Å². The van der Waals surface area contributed by atoms with Gasteiger partial charge in [0.1, 0.15) is 11.6 Å². The van der Waals surface area contributed by atoms with Crippen molar-refractivity contribution in [2.24, 2.45) is 0 Å². The van der Waals surface area contributed by atoms with E-state index in [0.29, 0.717) is 6.04 Å². The second-order valence-electron chi connectivity index (χ2n) is 6.35. The third-order valence-electron chi connectivity index (χ3n) is 4.88. The number of hydrogen-bond acceptors (Lipinski definition) is 2. The third kappa shape index (κ3) is 3.46. The summed E-state index contributed by atoms with van der Waals surface area (Å²) in [6.07, 6.45) is 7.02. The standard InChI is InChI=1S/C17H22F2N2O/c18-12-5-6-15(16(19)11-12)17(22)20-13-7-9-21(10-8-13)14-3-1-2-4-14/h5-6,11,13-14H,1-4,7-10H2,(H,20,22). The molecule has 0 bridgehead atoms. The zero-order valence-corrected chi connectivity index (χ0v) is 12.7. The van der Waals surface area contributed by atoms with Gasteiger partial charge in [-0.1, -0.05) is 12.8 Å². The second-order valence-corrected chi connectivity index (χ2v) is 6.35. The Labute approximate surface area is 129 Å². The maximum Gasteiger partial charge on any atom is 0.254 e. The van der Waals surface area contributed by atoms with Crippen LogP contribution in [0.25, 0.3) is 0 Å². The van der Waals surface area contributed by atoms with Crippen molar-refractivity contribution in [1.29, 1.82) is 0 Å². The van der Waals surface area contributed by atoms with Crippen LogP contribution >= 0.6 is 0 Å². The van der Waals surface area contributed by atoms with E-state index in [9.17, 15) is 13.6 Å². The van der Waals surface area contributed by atoms with E-state index in [2.05, 4.69) is 10.2 Å². The molecule has 1 aromatic rings. The summed E-state index contributed by atoms with van der Waals surface area (Å²) in [6, 6.07) is 3.85. The van der Waals surface area contributed by atoms with E-state index in [1.54, 1.807) is 0 Å². The van der Waals surface area contributed by atoms with Gasteiger partial charge in [-0.25, -0.2) is 8.78 Å². The molecule has 120 valence electrons. The van der Waals surface area contributed by atoms with Gasteiger partial charge in [0, 0.05) is 31.2 Å². The van der Waals surface area contributed by atoms with Crippen LogP contribution in [0.15, 0.2) is 18.2 Å². The first-order valence-electron chi connectivity index (χ1n) is 8.13. The molecule has 0 spiro atoms. The lowest BCUT2D eigenvalue weighted by Crippen LogP contribution is -2.47. The highest BCUT2D eigenvalue weighted by molar-refractivity contribution is 5.94. The number of benzene rings is 1. The molecule has 2 fully saturated rings. The molecule has 1 saturated carbocycles. The summed E-state index contributed by atoms with van der Waals surface area (Å²) in [5, 5.41) is 2.88. The predicted molar refractivity (Wildman–Crippen MR) is 80.7 cm³/mol. The van der Waals surface area contributed by atoms with Crippen LogP contribution in [0, 0.1) is 11.6 Å². The van der Waals surface area contributed by atoms with Crippen LogP contribution in [-0.2, 0) is 0 Å². The summed E-state index contributed by atoms with van der Waals surface area (Å²) >= 11 is 0. The van der Waals surface area contributed by atoms with Gasteiger partial charge in [-0.3, -0.25) is 4.79 Å². The molecule has 3 nitrogen and oxygen atoms in total. The molecule has 0 radical (unpaired) electrons. The van der Waals surface area contributed by atoms with Gasteiger partial charge >= 0.3 is 0 Å². The van der Waals surface area contributed by atoms with Crippen molar-refractivity contribution >= 4 is 5.91 Å². The lowest BCUT2D eigenvalue weighted by Gasteiger charge is -2.36. The molecule has 1 aromatic carbocycles. The number of piperidine rings is 1. The molecule has 2 aliphatic rings. The van der Waals surface area contributed by atoms with Crippen LogP contribution in [0.3, 0.4) is 0 Å². The topological polar surface area (TPSA) is 32.3 Å². The first-order chi connectivity index (χ1) is 10.6. The van der Waals surface area contributed by atoms with Crippen LogP contribution in [0.5, 0.6) is 0 Å². The monoisotopic (exact) mass is 308 g/mol. The summed E-state index contributed by atoms with van der Waals surface area (Å²) in [4.78, 5) is 14.6. The minimum absolute atomic E-state index is 0.0783. The Hall–Kier alpha value is -1.49. The van der Waals surface area contributed by atoms with E-state index in [-0.39, 0.29) is 11.6 Å². The maximum atomic E-state index is 13.6. The van der Waals surface area contributed by atoms with E-state index < -0.39 is 17.5 Å². The molecule has 1 heterocycles. The normalized spacial score (nSPS) is 21.2. The number of nitrogens with one attached hydrogen (secondary N) is 1. The van der Waals surface area contributed by atoms with Crippen molar-refractivity contribution in [3.05, 3.63) is 35.4 Å². The Morgan fingerprint density at radius 2 is 1.77 bits per heavy atom. The molecule has 1 aliphatic carbocycles. The lowest BCUT2D eigenvalue weighted by atomic mass is 10.0. The lowest BCUT2D eigenvalue weighted by molar-refractivity contribution is 0.0888. The molecule has 1 aliphatic heterocycles. The molecular formula is C17H22F2N2O. The second kappa shape index (κ2) is 6.73. The van der Waals surface area contributed by atoms with Crippen molar-refractivity contribution in [2.75, 3.05) is 13.1 Å². The van der Waals surface area contributed by atoms with Gasteiger partial charge in [-0.05, 0) is 37.8 Å². The van der Waals surface area contributed by atoms with Gasteiger partial charge in [0.15, 0.2) is 0 Å². The highest BCUT2D eigenvalue weighted by Crippen LogP contribution is 2.26. The fourth-order valence-electron chi connectivity index (χ4n) is 3.62. The number of nitrogens with zero attached hydrogens (tertiary/aromatic N) is 1. The number of hydrogen-bond donors (Lipinski definition) is 1. The number of carbonyl (C=O) groups is 1. The summed E-state index contributed by atoms with van der Waals surface area (Å²) in [7, 11) is 0. The quantitative estimate of drug-likeness (QED) is 0.930. The van der Waals surface area contributed by atoms with E-state index in [1.807, 2.05) is 0 Å². The molecule has 5 heteroatoms. The molecule has 1 saturated heterocycles. The van der Waals surface area contributed by atoms with Crippen LogP contribution in [0.2, 0.25) is 0 Å². The van der Waals surface area contributed by atoms with Crippen molar-refractivity contribution in [3.63, 3.8) is 0 Å². The van der Waals surface area contributed by atoms with E-state index >= 15 is 0 Å². The molecule has 1 N–H and O–H groups in total. The summed E-state index contributed by atoms with van der Waals surface area (Å²) in [5.41, 5.74) is -0.0837. The first kappa shape index (κ1) is 15.4. The first-order valence-corrected chi connectivity index (χ1v) is 8.13. The van der Waals surface area contributed by atoms with Crippen molar-refractivity contribution in [1.82, 2.24) is 10.2 Å². The van der Waals surface area contributed by atoms with Gasteiger partial charge in [-0.2, -0.15) is 0 Å². The summed E-state index contributed by atoms with van der Waals surface area (Å²) in [5.74, 6) is -1.92. The third-order valence-corrected chi connectivity index (χ3v) is 4.88. The Balaban J connectivity index is 1.52. The maximum absolute atomic E-state index is 13.6. The molecule has 22 heavy (non-hydrogen) atoms. The zero-order chi connectivity index (χ0) is 15.5. The van der Waals surface area contributed by atoms with Crippen LogP contribution in [0.4, 0.5) is 8.78 Å². The minimum Gasteiger partial charge on any atom is -0.349 e. The summed E-state index contributed by atoms with van der Waals surface area (Å²) in [6.45, 7) is 1.98. The molecule has 0 unspecified atom stereocenters. The van der Waals surface area contributed by atoms with E-state index in [4.69, 9.17) is 0 Å². The van der Waals surface area contributed by atoms with Gasteiger partial charge in [-0.15, -0.1) is 0 Å². The molecule has 0 aromatic heterocycles. The van der Waals surface area contributed by atoms with Crippen molar-refractivity contribution in [2.45, 2.75) is 50.6 Å². The fourth-order valence-corrected chi connectivity index (χ4v) is 3.62. The van der Waals surface area contributed by atoms with Gasteiger partial charge in [0.2, 0.25) is 0 Å². The van der Waals surface area contributed by atoms with E-state index in [1.165, 1.54) is 31.7 Å². The van der Waals surface area contributed by atoms with Crippen molar-refractivity contribution in [3.8, 4) is 0 Å². The molecular weight excluding hydrogens is 286 g/mol. The number of carbonyl (C=O) groups excluding carboxylic acids is 1. The van der Waals surface area contributed by atoms with Crippen LogP contribution < -0.4 is 5.32 Å². The number of likely N-dealkylation sites (tertiary alicyclic amines) is 1. The average Bonchev–Trinajstić information content (AvgIpc) is 3.02. The SMILES string of the molecule is O=C(NC1CCN(C2CCCC2)CC1)c1ccc(F)cc1F. The van der Waals surface area contributed by atoms with Crippen molar-refractivity contribution < 1.29 is 13.6 Å². The van der Waals surface area contributed by atoms with Gasteiger partial charge < -0.3 is 10.2 Å². The minimum atomic E-state index is -0.805. The van der Waals surface area contributed by atoms with Gasteiger partial charge in [0.05, 0.1) is 5.56 Å². The number of rotatable bonds is 3. The smallest absolute Gasteiger partial charge is 0.254 e. The molecule has 0 atom stereocenters. The molecule has 1 amide bonds. The number of halogens is 2. The largest absolute Gasteiger partial charge is 0.349 e.